The number of hydrogen-bond acceptors (Lipinski definition) is 6. The molecule has 3 rings (SSSR count). The molecule has 0 amide bonds. The molecule has 1 aliphatic heterocycles. The number of thiazole rings is 1. The van der Waals surface area contributed by atoms with Crippen molar-refractivity contribution >= 4 is 22.4 Å². The van der Waals surface area contributed by atoms with E-state index in [0.717, 1.165) is 18.2 Å². The Hall–Kier alpha value is -1.93. The maximum Gasteiger partial charge on any atom is 0.356 e. The summed E-state index contributed by atoms with van der Waals surface area (Å²) in [6.45, 7) is 3.08. The van der Waals surface area contributed by atoms with Gasteiger partial charge in [0.05, 0.1) is 13.2 Å². The molecule has 0 radical (unpaired) electrons. The summed E-state index contributed by atoms with van der Waals surface area (Å²) < 4.78 is 6.91. The number of anilines is 1. The van der Waals surface area contributed by atoms with E-state index in [-0.39, 0.29) is 5.69 Å². The maximum absolute atomic E-state index is 10.8. The van der Waals surface area contributed by atoms with Gasteiger partial charge in [-0.2, -0.15) is 0 Å². The summed E-state index contributed by atoms with van der Waals surface area (Å²) in [6, 6.07) is 0. The van der Waals surface area contributed by atoms with Crippen LogP contribution in [0, 0.1) is 0 Å². The van der Waals surface area contributed by atoms with E-state index in [2.05, 4.69) is 14.9 Å². The SMILES string of the molecule is O=C(O)c1cn(-c2csc(N3CCOCC3)n2)cn1. The van der Waals surface area contributed by atoms with Gasteiger partial charge in [-0.05, 0) is 0 Å². The van der Waals surface area contributed by atoms with E-state index in [9.17, 15) is 4.79 Å². The Labute approximate surface area is 113 Å². The van der Waals surface area contributed by atoms with Gasteiger partial charge in [0.25, 0.3) is 0 Å². The zero-order valence-electron chi connectivity index (χ0n) is 10.0. The van der Waals surface area contributed by atoms with Gasteiger partial charge in [-0.1, -0.05) is 0 Å². The zero-order valence-corrected chi connectivity index (χ0v) is 10.8. The highest BCUT2D eigenvalue weighted by Gasteiger charge is 2.16. The molecule has 1 aliphatic rings. The molecule has 8 heteroatoms. The van der Waals surface area contributed by atoms with Gasteiger partial charge in [-0.25, -0.2) is 14.8 Å². The lowest BCUT2D eigenvalue weighted by atomic mass is 10.5. The Balaban J connectivity index is 1.81. The molecule has 19 heavy (non-hydrogen) atoms. The van der Waals surface area contributed by atoms with Crippen LogP contribution in [0.3, 0.4) is 0 Å². The third kappa shape index (κ3) is 2.45. The molecular formula is C11H12N4O3S. The molecule has 0 unspecified atom stereocenters. The van der Waals surface area contributed by atoms with Crippen LogP contribution in [-0.4, -0.2) is 51.9 Å². The van der Waals surface area contributed by atoms with Crippen LogP contribution < -0.4 is 4.90 Å². The van der Waals surface area contributed by atoms with Crippen LogP contribution >= 0.6 is 11.3 Å². The monoisotopic (exact) mass is 280 g/mol. The Morgan fingerprint density at radius 2 is 2.21 bits per heavy atom. The van der Waals surface area contributed by atoms with E-state index in [1.807, 2.05) is 5.38 Å². The summed E-state index contributed by atoms with van der Waals surface area (Å²) in [7, 11) is 0. The predicted molar refractivity (Wildman–Crippen MR) is 69.2 cm³/mol. The standard InChI is InChI=1S/C11H12N4O3S/c16-10(17)8-5-15(7-12-8)9-6-19-11(13-9)14-1-3-18-4-2-14/h5-7H,1-4H2,(H,16,17). The van der Waals surface area contributed by atoms with Gasteiger partial charge in [0.1, 0.15) is 6.33 Å². The summed E-state index contributed by atoms with van der Waals surface area (Å²) in [5.41, 5.74) is 0.0147. The Bertz CT molecular complexity index is 588. The summed E-state index contributed by atoms with van der Waals surface area (Å²) in [4.78, 5) is 21.2. The third-order valence-electron chi connectivity index (χ3n) is 2.83. The number of aromatic carboxylic acids is 1. The number of aromatic nitrogens is 3. The number of hydrogen-bond donors (Lipinski definition) is 1. The largest absolute Gasteiger partial charge is 0.476 e. The lowest BCUT2D eigenvalue weighted by Gasteiger charge is -2.25. The van der Waals surface area contributed by atoms with Crippen LogP contribution in [0.5, 0.6) is 0 Å². The van der Waals surface area contributed by atoms with E-state index < -0.39 is 5.97 Å². The second-order valence-corrected chi connectivity index (χ2v) is 4.90. The van der Waals surface area contributed by atoms with Crippen molar-refractivity contribution < 1.29 is 14.6 Å². The van der Waals surface area contributed by atoms with Gasteiger partial charge in [0, 0.05) is 24.7 Å². The Morgan fingerprint density at radius 3 is 2.89 bits per heavy atom. The minimum atomic E-state index is -1.04. The lowest BCUT2D eigenvalue weighted by molar-refractivity contribution is 0.0691. The van der Waals surface area contributed by atoms with E-state index in [0.29, 0.717) is 19.0 Å². The fourth-order valence-electron chi connectivity index (χ4n) is 1.83. The lowest BCUT2D eigenvalue weighted by Crippen LogP contribution is -2.36. The number of carboxylic acid groups (broad SMARTS) is 1. The van der Waals surface area contributed by atoms with Crippen LogP contribution in [0.4, 0.5) is 5.13 Å². The van der Waals surface area contributed by atoms with E-state index in [1.165, 1.54) is 23.9 Å². The molecule has 2 aromatic heterocycles. The molecular weight excluding hydrogens is 268 g/mol. The number of rotatable bonds is 3. The maximum atomic E-state index is 10.8. The van der Waals surface area contributed by atoms with Crippen molar-refractivity contribution in [3.8, 4) is 5.82 Å². The Morgan fingerprint density at radius 1 is 1.42 bits per heavy atom. The first-order valence-electron chi connectivity index (χ1n) is 5.80. The summed E-state index contributed by atoms with van der Waals surface area (Å²) in [5.74, 6) is -0.353. The van der Waals surface area contributed by atoms with Crippen molar-refractivity contribution in [1.82, 2.24) is 14.5 Å². The van der Waals surface area contributed by atoms with Crippen LogP contribution in [0.1, 0.15) is 10.5 Å². The highest BCUT2D eigenvalue weighted by molar-refractivity contribution is 7.14. The molecule has 2 aromatic rings. The van der Waals surface area contributed by atoms with Crippen molar-refractivity contribution in [2.45, 2.75) is 0 Å². The molecule has 0 aliphatic carbocycles. The zero-order chi connectivity index (χ0) is 13.2. The number of morpholine rings is 1. The smallest absolute Gasteiger partial charge is 0.356 e. The first-order valence-corrected chi connectivity index (χ1v) is 6.68. The van der Waals surface area contributed by atoms with Crippen molar-refractivity contribution in [1.29, 1.82) is 0 Å². The van der Waals surface area contributed by atoms with Crippen molar-refractivity contribution in [2.75, 3.05) is 31.2 Å². The topological polar surface area (TPSA) is 80.5 Å². The quantitative estimate of drug-likeness (QED) is 0.898. The molecule has 0 atom stereocenters. The van der Waals surface area contributed by atoms with Gasteiger partial charge in [-0.15, -0.1) is 11.3 Å². The van der Waals surface area contributed by atoms with Gasteiger partial charge in [-0.3, -0.25) is 4.57 Å². The Kier molecular flexibility index (Phi) is 3.18. The van der Waals surface area contributed by atoms with Gasteiger partial charge >= 0.3 is 5.97 Å². The predicted octanol–water partition coefficient (Wildman–Crippen LogP) is 0.864. The average Bonchev–Trinajstić information content (AvgIpc) is 3.09. The average molecular weight is 280 g/mol. The first kappa shape index (κ1) is 12.1. The molecule has 0 bridgehead atoms. The van der Waals surface area contributed by atoms with Crippen molar-refractivity contribution in [3.05, 3.63) is 23.6 Å². The van der Waals surface area contributed by atoms with Crippen LogP contribution in [0.15, 0.2) is 17.9 Å². The fraction of sp³-hybridized carbons (Fsp3) is 0.364. The third-order valence-corrected chi connectivity index (χ3v) is 3.72. The second kappa shape index (κ2) is 4.98. The first-order chi connectivity index (χ1) is 9.24. The van der Waals surface area contributed by atoms with Gasteiger partial charge in [0.2, 0.25) is 0 Å². The van der Waals surface area contributed by atoms with E-state index in [4.69, 9.17) is 9.84 Å². The minimum Gasteiger partial charge on any atom is -0.476 e. The molecule has 3 heterocycles. The molecule has 1 N–H and O–H groups in total. The summed E-state index contributed by atoms with van der Waals surface area (Å²) >= 11 is 1.53. The van der Waals surface area contributed by atoms with Crippen LogP contribution in [-0.2, 0) is 4.74 Å². The molecule has 7 nitrogen and oxygen atoms in total. The highest BCUT2D eigenvalue weighted by Crippen LogP contribution is 2.23. The highest BCUT2D eigenvalue weighted by atomic mass is 32.1. The summed E-state index contributed by atoms with van der Waals surface area (Å²) in [5, 5.41) is 11.6. The van der Waals surface area contributed by atoms with Crippen molar-refractivity contribution in [2.24, 2.45) is 0 Å². The molecule has 1 saturated heterocycles. The second-order valence-electron chi connectivity index (χ2n) is 4.06. The number of ether oxygens (including phenoxy) is 1. The molecule has 0 spiro atoms. The molecule has 0 aromatic carbocycles. The number of carbonyl (C=O) groups is 1. The normalized spacial score (nSPS) is 15.7. The van der Waals surface area contributed by atoms with Gasteiger partial charge in [0.15, 0.2) is 16.6 Å². The molecule has 0 saturated carbocycles. The van der Waals surface area contributed by atoms with E-state index >= 15 is 0 Å². The number of imidazole rings is 1. The molecule has 1 fully saturated rings. The van der Waals surface area contributed by atoms with Crippen molar-refractivity contribution in [3.63, 3.8) is 0 Å². The van der Waals surface area contributed by atoms with Crippen LogP contribution in [0.2, 0.25) is 0 Å². The van der Waals surface area contributed by atoms with Gasteiger partial charge < -0.3 is 14.7 Å². The summed E-state index contributed by atoms with van der Waals surface area (Å²) in [6.07, 6.45) is 2.92. The number of nitrogens with zero attached hydrogens (tertiary/aromatic N) is 4. The molecule has 100 valence electrons. The fourth-order valence-corrected chi connectivity index (χ4v) is 2.70. The van der Waals surface area contributed by atoms with E-state index in [1.54, 1.807) is 4.57 Å². The minimum absolute atomic E-state index is 0.0147. The number of carboxylic acids is 1. The van der Waals surface area contributed by atoms with Crippen LogP contribution in [0.25, 0.3) is 5.82 Å².